The zero-order chi connectivity index (χ0) is 15.1. The second-order valence-corrected chi connectivity index (χ2v) is 4.27. The van der Waals surface area contributed by atoms with Crippen molar-refractivity contribution in [1.29, 1.82) is 0 Å². The molecule has 0 bridgehead atoms. The third kappa shape index (κ3) is 2.43. The molecule has 108 valence electrons. The number of nitrogens with zero attached hydrogens (tertiary/aromatic N) is 2. The van der Waals surface area contributed by atoms with E-state index in [1.807, 2.05) is 0 Å². The summed E-state index contributed by atoms with van der Waals surface area (Å²) in [6, 6.07) is 2.06. The predicted molar refractivity (Wildman–Crippen MR) is 58.2 cm³/mol. The Morgan fingerprint density at radius 3 is 2.55 bits per heavy atom. The molecule has 20 heavy (non-hydrogen) atoms. The third-order valence-electron chi connectivity index (χ3n) is 3.04. The molecular formula is C11H8F4N2O3. The first-order valence-electron chi connectivity index (χ1n) is 5.52. The number of hydrogen-bond acceptors (Lipinski definition) is 3. The maximum atomic E-state index is 13.8. The van der Waals surface area contributed by atoms with Crippen LogP contribution in [0.3, 0.4) is 0 Å². The lowest BCUT2D eigenvalue weighted by atomic mass is 9.98. The molecule has 1 aromatic rings. The van der Waals surface area contributed by atoms with Gasteiger partial charge in [-0.15, -0.1) is 0 Å². The van der Waals surface area contributed by atoms with E-state index < -0.39 is 35.1 Å². The monoisotopic (exact) mass is 292 g/mol. The molecule has 0 spiro atoms. The number of alkyl halides is 3. The topological polar surface area (TPSA) is 63.5 Å². The van der Waals surface area contributed by atoms with Crippen molar-refractivity contribution in [2.24, 2.45) is 0 Å². The van der Waals surface area contributed by atoms with Crippen LogP contribution in [0.5, 0.6) is 0 Å². The van der Waals surface area contributed by atoms with Crippen LogP contribution < -0.4 is 0 Å². The van der Waals surface area contributed by atoms with Gasteiger partial charge in [-0.1, -0.05) is 0 Å². The lowest BCUT2D eigenvalue weighted by molar-refractivity contribution is -0.387. The van der Waals surface area contributed by atoms with E-state index in [9.17, 15) is 32.5 Å². The lowest BCUT2D eigenvalue weighted by Crippen LogP contribution is -2.43. The summed E-state index contributed by atoms with van der Waals surface area (Å²) in [5.41, 5.74) is -0.582. The van der Waals surface area contributed by atoms with Crippen molar-refractivity contribution in [2.75, 3.05) is 6.54 Å². The van der Waals surface area contributed by atoms with Crippen molar-refractivity contribution in [1.82, 2.24) is 4.90 Å². The Morgan fingerprint density at radius 1 is 1.35 bits per heavy atom. The average Bonchev–Trinajstić information content (AvgIpc) is 2.36. The maximum Gasteiger partial charge on any atom is 0.471 e. The second-order valence-electron chi connectivity index (χ2n) is 4.27. The minimum atomic E-state index is -4.99. The molecule has 0 radical (unpaired) electrons. The molecule has 0 aromatic heterocycles. The summed E-state index contributed by atoms with van der Waals surface area (Å²) in [4.78, 5) is 21.3. The van der Waals surface area contributed by atoms with E-state index in [1.165, 1.54) is 6.07 Å². The van der Waals surface area contributed by atoms with Gasteiger partial charge in [-0.3, -0.25) is 14.9 Å². The first-order chi connectivity index (χ1) is 9.21. The summed E-state index contributed by atoms with van der Waals surface area (Å²) in [6.45, 7) is -0.744. The molecule has 0 saturated carbocycles. The van der Waals surface area contributed by atoms with Crippen molar-refractivity contribution >= 4 is 11.6 Å². The zero-order valence-corrected chi connectivity index (χ0v) is 9.91. The van der Waals surface area contributed by atoms with Gasteiger partial charge in [-0.2, -0.15) is 17.6 Å². The highest BCUT2D eigenvalue weighted by Crippen LogP contribution is 2.30. The molecule has 1 aliphatic heterocycles. The Morgan fingerprint density at radius 2 is 2.00 bits per heavy atom. The second kappa shape index (κ2) is 4.73. The fourth-order valence-electron chi connectivity index (χ4n) is 2.09. The van der Waals surface area contributed by atoms with Gasteiger partial charge >= 0.3 is 17.8 Å². The number of carbonyl (C=O) groups is 1. The van der Waals surface area contributed by atoms with E-state index in [0.29, 0.717) is 4.90 Å². The Bertz CT molecular complexity index is 586. The average molecular weight is 292 g/mol. The number of nitro benzene ring substituents is 1. The van der Waals surface area contributed by atoms with Gasteiger partial charge in [0.05, 0.1) is 4.92 Å². The van der Waals surface area contributed by atoms with Crippen molar-refractivity contribution in [2.45, 2.75) is 19.1 Å². The van der Waals surface area contributed by atoms with Crippen molar-refractivity contribution in [3.63, 3.8) is 0 Å². The van der Waals surface area contributed by atoms with Crippen LogP contribution in [0.15, 0.2) is 12.1 Å². The molecular weight excluding hydrogens is 284 g/mol. The predicted octanol–water partition coefficient (Wildman–Crippen LogP) is 2.18. The Labute approximate surface area is 109 Å². The molecule has 0 fully saturated rings. The number of benzene rings is 1. The Hall–Kier alpha value is -2.19. The van der Waals surface area contributed by atoms with Crippen LogP contribution in [0.4, 0.5) is 23.2 Å². The van der Waals surface area contributed by atoms with Crippen molar-refractivity contribution < 1.29 is 27.3 Å². The van der Waals surface area contributed by atoms with Gasteiger partial charge in [-0.05, 0) is 18.1 Å². The first kappa shape index (κ1) is 14.2. The van der Waals surface area contributed by atoms with E-state index in [-0.39, 0.29) is 24.1 Å². The highest BCUT2D eigenvalue weighted by molar-refractivity contribution is 5.82. The van der Waals surface area contributed by atoms with Crippen LogP contribution in [0.1, 0.15) is 11.1 Å². The number of rotatable bonds is 1. The maximum absolute atomic E-state index is 13.8. The molecule has 2 rings (SSSR count). The molecule has 0 unspecified atom stereocenters. The van der Waals surface area contributed by atoms with Crippen LogP contribution in [-0.4, -0.2) is 28.5 Å². The van der Waals surface area contributed by atoms with Crippen molar-refractivity contribution in [3.8, 4) is 0 Å². The smallest absolute Gasteiger partial charge is 0.330 e. The number of halogens is 4. The normalized spacial score (nSPS) is 14.9. The summed E-state index contributed by atoms with van der Waals surface area (Å²) in [5.74, 6) is -3.05. The van der Waals surface area contributed by atoms with Crippen molar-refractivity contribution in [3.05, 3.63) is 39.2 Å². The number of carbonyl (C=O) groups excluding carboxylic acids is 1. The van der Waals surface area contributed by atoms with Crippen LogP contribution in [-0.2, 0) is 17.8 Å². The summed E-state index contributed by atoms with van der Waals surface area (Å²) in [7, 11) is 0. The molecule has 1 aromatic carbocycles. The number of nitro groups is 1. The van der Waals surface area contributed by atoms with Gasteiger partial charge in [0.25, 0.3) is 0 Å². The van der Waals surface area contributed by atoms with E-state index >= 15 is 0 Å². The van der Waals surface area contributed by atoms with E-state index in [1.54, 1.807) is 0 Å². The van der Waals surface area contributed by atoms with Crippen LogP contribution in [0.2, 0.25) is 0 Å². The number of amides is 1. The fraction of sp³-hybridized carbons (Fsp3) is 0.364. The number of hydrogen-bond donors (Lipinski definition) is 0. The third-order valence-corrected chi connectivity index (χ3v) is 3.04. The molecule has 1 aliphatic rings. The molecule has 0 aliphatic carbocycles. The molecule has 0 saturated heterocycles. The van der Waals surface area contributed by atoms with Gasteiger partial charge in [0, 0.05) is 24.7 Å². The number of fused-ring (bicyclic) bond motifs is 1. The summed E-state index contributed by atoms with van der Waals surface area (Å²) in [5, 5.41) is 10.6. The summed E-state index contributed by atoms with van der Waals surface area (Å²) in [6.07, 6.45) is -5.18. The minimum Gasteiger partial charge on any atom is -0.330 e. The van der Waals surface area contributed by atoms with Crippen LogP contribution in [0, 0.1) is 15.9 Å². The largest absolute Gasteiger partial charge is 0.471 e. The molecule has 1 heterocycles. The molecule has 9 heteroatoms. The lowest BCUT2D eigenvalue weighted by Gasteiger charge is -2.29. The van der Waals surface area contributed by atoms with Gasteiger partial charge in [0.2, 0.25) is 5.82 Å². The van der Waals surface area contributed by atoms with E-state index in [0.717, 1.165) is 6.07 Å². The van der Waals surface area contributed by atoms with Crippen LogP contribution >= 0.6 is 0 Å². The minimum absolute atomic E-state index is 0.00887. The zero-order valence-electron chi connectivity index (χ0n) is 9.91. The fourth-order valence-corrected chi connectivity index (χ4v) is 2.09. The molecule has 0 N–H and O–H groups in total. The highest BCUT2D eigenvalue weighted by Gasteiger charge is 2.43. The molecule has 0 atom stereocenters. The summed E-state index contributed by atoms with van der Waals surface area (Å²) < 4.78 is 50.7. The summed E-state index contributed by atoms with van der Waals surface area (Å²) >= 11 is 0. The van der Waals surface area contributed by atoms with Gasteiger partial charge in [-0.25, -0.2) is 0 Å². The SMILES string of the molecule is O=C(N1CCc2c(ccc([N+](=O)[O-])c2F)C1)C(F)(F)F. The molecule has 5 nitrogen and oxygen atoms in total. The van der Waals surface area contributed by atoms with E-state index in [2.05, 4.69) is 0 Å². The molecule has 1 amide bonds. The standard InChI is InChI=1S/C11H8F4N2O3/c12-9-7-3-4-16(10(18)11(13,14)15)5-6(7)1-2-8(9)17(19)20/h1-2H,3-5H2. The Balaban J connectivity index is 2.31. The van der Waals surface area contributed by atoms with Gasteiger partial charge < -0.3 is 4.90 Å². The van der Waals surface area contributed by atoms with E-state index in [4.69, 9.17) is 0 Å². The highest BCUT2D eigenvalue weighted by atomic mass is 19.4. The van der Waals surface area contributed by atoms with Gasteiger partial charge in [0.1, 0.15) is 0 Å². The Kier molecular flexibility index (Phi) is 3.36. The van der Waals surface area contributed by atoms with Gasteiger partial charge in [0.15, 0.2) is 0 Å². The first-order valence-corrected chi connectivity index (χ1v) is 5.52. The van der Waals surface area contributed by atoms with Crippen LogP contribution in [0.25, 0.3) is 0 Å². The quantitative estimate of drug-likeness (QED) is 0.453.